The number of nitrogens with one attached hydrogen (secondary N) is 4. The number of benzene rings is 2. The van der Waals surface area contributed by atoms with Crippen molar-refractivity contribution in [1.29, 1.82) is 0 Å². The van der Waals surface area contributed by atoms with Gasteiger partial charge in [-0.1, -0.05) is 142 Å². The van der Waals surface area contributed by atoms with Crippen LogP contribution >= 0.6 is 23.2 Å². The van der Waals surface area contributed by atoms with Gasteiger partial charge in [0.2, 0.25) is 27.7 Å². The maximum Gasteiger partial charge on any atom is 0.312 e. The van der Waals surface area contributed by atoms with Gasteiger partial charge in [-0.05, 0) is 182 Å². The van der Waals surface area contributed by atoms with Crippen LogP contribution in [0, 0.1) is 50.2 Å². The van der Waals surface area contributed by atoms with Gasteiger partial charge in [0, 0.05) is 85.6 Å². The summed E-state index contributed by atoms with van der Waals surface area (Å²) in [5.41, 5.74) is -0.0624. The zero-order valence-electron chi connectivity index (χ0n) is 86.3. The molecule has 8 N–H and O–H groups in total. The number of unbranched alkanes of at least 4 members (excludes halogenated alkanes) is 7. The molecule has 43 heteroatoms. The zero-order chi connectivity index (χ0) is 105. The number of aliphatic hydroxyl groups excluding tert-OH is 2. The molecule has 6 aromatic rings. The van der Waals surface area contributed by atoms with Crippen molar-refractivity contribution < 1.29 is 104 Å². The molecule has 794 valence electrons. The number of nitrogens with zero attached hydrogens (tertiary/aromatic N) is 13. The number of nitrogens with two attached hydrogens (primary N) is 1. The Balaban J connectivity index is 0.00000130. The lowest BCUT2D eigenvalue weighted by Gasteiger charge is -2.44. The van der Waals surface area contributed by atoms with Gasteiger partial charge in [-0.2, -0.15) is 0 Å². The van der Waals surface area contributed by atoms with Gasteiger partial charge in [-0.3, -0.25) is 47.7 Å². The third-order valence-electron chi connectivity index (χ3n) is 24.9. The first-order valence-corrected chi connectivity index (χ1v) is 51.3. The number of carbonyl (C=O) groups excluding carboxylic acids is 8. The van der Waals surface area contributed by atoms with E-state index in [2.05, 4.69) is 74.8 Å². The molecule has 0 fully saturated rings. The van der Waals surface area contributed by atoms with E-state index in [4.69, 9.17) is 82.7 Å². The first-order chi connectivity index (χ1) is 67.2. The van der Waals surface area contributed by atoms with E-state index in [9.17, 15) is 42.6 Å². The van der Waals surface area contributed by atoms with Crippen LogP contribution in [0.25, 0.3) is 0 Å². The highest BCUT2D eigenvalue weighted by molar-refractivity contribution is 7.89. The molecular weight excluding hydrogens is 1900 g/mol. The van der Waals surface area contributed by atoms with E-state index < -0.39 is 129 Å². The number of halogens is 2. The summed E-state index contributed by atoms with van der Waals surface area (Å²) in [6.07, 6.45) is 19.9. The topological polar surface area (TPSA) is 504 Å². The predicted molar refractivity (Wildman–Crippen MR) is 530 cm³/mol. The fraction of sp³-hybridized carbons (Fsp3) is 0.697. The number of esters is 5. The molecule has 0 saturated heterocycles. The first-order valence-electron chi connectivity index (χ1n) is 49.0. The van der Waals surface area contributed by atoms with Crippen LogP contribution in [0.4, 0.5) is 0 Å². The Hall–Kier alpha value is -9.55. The van der Waals surface area contributed by atoms with Crippen LogP contribution in [0.1, 0.15) is 251 Å². The highest BCUT2D eigenvalue weighted by Gasteiger charge is 2.56. The smallest absolute Gasteiger partial charge is 0.312 e. The molecule has 9 unspecified atom stereocenters. The summed E-state index contributed by atoms with van der Waals surface area (Å²) in [5.74, 6) is -2.65. The van der Waals surface area contributed by atoms with Crippen LogP contribution in [0.15, 0.2) is 66.1 Å². The summed E-state index contributed by atoms with van der Waals surface area (Å²) in [4.78, 5) is 115. The molecule has 0 bridgehead atoms. The number of amides is 3. The summed E-state index contributed by atoms with van der Waals surface area (Å²) >= 11 is 13.0. The van der Waals surface area contributed by atoms with Crippen LogP contribution < -0.4 is 26.4 Å². The van der Waals surface area contributed by atoms with Gasteiger partial charge in [0.05, 0.1) is 148 Å². The molecule has 142 heavy (non-hydrogen) atoms. The number of methoxy groups -OCH3 is 1. The molecule has 7 rings (SSSR count). The van der Waals surface area contributed by atoms with Crippen LogP contribution in [-0.4, -0.2) is 269 Å². The molecule has 3 amide bonds. The number of aromatic nitrogens is 12. The van der Waals surface area contributed by atoms with Crippen LogP contribution in [0.3, 0.4) is 0 Å². The number of sulfonamides is 1. The van der Waals surface area contributed by atoms with Crippen molar-refractivity contribution in [2.45, 2.75) is 294 Å². The van der Waals surface area contributed by atoms with E-state index in [1.165, 1.54) is 72.3 Å². The van der Waals surface area contributed by atoms with Crippen molar-refractivity contribution in [3.8, 4) is 12.3 Å². The average molecular weight is 2050 g/mol. The lowest BCUT2D eigenvalue weighted by molar-refractivity contribution is -0.175. The minimum atomic E-state index is -4.00. The fourth-order valence-corrected chi connectivity index (χ4v) is 18.9. The molecule has 1 aliphatic rings. The number of carbonyl (C=O) groups is 8. The van der Waals surface area contributed by atoms with Gasteiger partial charge in [0.25, 0.3) is 0 Å². The molecular formula is C99H156Cl2N18O22S. The standard InChI is InChI=1S/C83H129Cl2N17O18S.C16H27NO4/c1-13-15-16-17-18-19-20-21-28-99-48-64(90-94-99)52-117-75(106)79(4,5)56-81(7,76(107)118-53-65-49-100(95-91-65)30-26-87-73(104)25-29-98(10)11)58-83(9,78(109)120-55-67-51-102(97-93-67)32-35-114-38-39-116-41-40-115-37-36-112-12)59-82(8,57-80(6,14-2)74(105)88-47-60(3)103)77(108)119-54-66-50-101(96-92-66)31-34-113-33-27-89-121(110,111)68-24-22-23-61(42-68)69-45-63(86)46-71-70(69)43-62(84)44-72(71)85;1-7-9-21-14(20)15(4,5)11-16(6,8-2)13(19)17-10-12(3)18/h22-24,42-44,48-51,60,63,69,89,103H,13-21,25-41,45-47,52-59,86H2,1-12H3,(H,87,104)(H,88,105);1,12,18H,8-11H2,2-6H3,(H,17,19). The van der Waals surface area contributed by atoms with Gasteiger partial charge in [0.15, 0.2) is 6.61 Å². The van der Waals surface area contributed by atoms with Crippen molar-refractivity contribution in [2.24, 2.45) is 43.6 Å². The average Bonchev–Trinajstić information content (AvgIpc) is 1.04. The quantitative estimate of drug-likeness (QED) is 0.00807. The highest BCUT2D eigenvalue weighted by Crippen LogP contribution is 2.53. The minimum absolute atomic E-state index is 0.0105. The van der Waals surface area contributed by atoms with Crippen molar-refractivity contribution in [2.75, 3.05) is 120 Å². The second kappa shape index (κ2) is 59.8. The summed E-state index contributed by atoms with van der Waals surface area (Å²) in [6, 6.07) is 10.0. The monoisotopic (exact) mass is 2050 g/mol. The Morgan fingerprint density at radius 2 is 0.958 bits per heavy atom. The third kappa shape index (κ3) is 41.2. The lowest BCUT2D eigenvalue weighted by atomic mass is 9.59. The Bertz CT molecular complexity index is 5080. The Morgan fingerprint density at radius 1 is 0.535 bits per heavy atom. The number of aryl methyl sites for hydroxylation is 1. The van der Waals surface area contributed by atoms with Crippen molar-refractivity contribution in [1.82, 2.24) is 85.5 Å². The SMILES string of the molecule is C#CCOC(=O)C(C)(C)CC(C)(CC)C(=O)NCC(C)O.CCCCCCCCCCn1cc(COC(=O)C(C)(C)CC(C)(CC(C)(CC(C)(CC(C)(CC)C(=O)NCC(C)O)C(=O)OCc2cn(CCOCCNS(=O)(=O)c3cccc(C4CC(N)Cc5c(Cl)cc(Cl)cc54)c3)nn2)C(=O)OCc2cn(CCOCCOCCOCCOC)nn2)C(=O)OCc2cn(CCNC(=O)CCN(C)C)nn2)nn1. The summed E-state index contributed by atoms with van der Waals surface area (Å²) in [6.45, 7) is 26.8. The Morgan fingerprint density at radius 3 is 1.43 bits per heavy atom. The number of hydrogen-bond donors (Lipinski definition) is 7. The van der Waals surface area contributed by atoms with E-state index in [-0.39, 0.29) is 144 Å². The second-order valence-corrected chi connectivity index (χ2v) is 42.4. The molecule has 4 heterocycles. The maximum absolute atomic E-state index is 15.8. The molecule has 0 aliphatic heterocycles. The molecule has 0 saturated carbocycles. The van der Waals surface area contributed by atoms with Crippen molar-refractivity contribution >= 4 is 80.8 Å². The van der Waals surface area contributed by atoms with E-state index in [0.717, 1.165) is 36.0 Å². The molecule has 40 nitrogen and oxygen atoms in total. The first kappa shape index (κ1) is 121. The number of ether oxygens (including phenoxy) is 10. The van der Waals surface area contributed by atoms with Gasteiger partial charge in [-0.15, -0.1) is 26.8 Å². The summed E-state index contributed by atoms with van der Waals surface area (Å²) < 4.78 is 93.5. The molecule has 9 atom stereocenters. The number of aliphatic hydroxyl groups is 2. The van der Waals surface area contributed by atoms with E-state index in [1.807, 2.05) is 38.1 Å². The van der Waals surface area contributed by atoms with E-state index in [0.29, 0.717) is 101 Å². The van der Waals surface area contributed by atoms with Crippen LogP contribution in [0.2, 0.25) is 10.0 Å². The summed E-state index contributed by atoms with van der Waals surface area (Å²) in [7, 11) is 1.34. The largest absolute Gasteiger partial charge is 0.459 e. The van der Waals surface area contributed by atoms with Crippen LogP contribution in [-0.2, 0) is 155 Å². The number of fused-ring (bicyclic) bond motifs is 1. The minimum Gasteiger partial charge on any atom is -0.459 e. The molecule has 2 aromatic carbocycles. The maximum atomic E-state index is 15.8. The highest BCUT2D eigenvalue weighted by atomic mass is 35.5. The summed E-state index contributed by atoms with van der Waals surface area (Å²) in [5, 5.41) is 63.1. The van der Waals surface area contributed by atoms with Crippen molar-refractivity contribution in [3.05, 3.63) is 111 Å². The zero-order valence-corrected chi connectivity index (χ0v) is 88.6. The number of terminal acetylenes is 1. The second-order valence-electron chi connectivity index (χ2n) is 39.8. The fourth-order valence-electron chi connectivity index (χ4n) is 17.3. The van der Waals surface area contributed by atoms with Gasteiger partial charge >= 0.3 is 29.8 Å². The molecule has 0 spiro atoms. The third-order valence-corrected chi connectivity index (χ3v) is 26.9. The lowest BCUT2D eigenvalue weighted by Crippen LogP contribution is -2.50. The van der Waals surface area contributed by atoms with Crippen molar-refractivity contribution in [3.63, 3.8) is 0 Å². The molecule has 4 aromatic heterocycles. The van der Waals surface area contributed by atoms with Gasteiger partial charge in [-0.25, -0.2) is 22.5 Å². The van der Waals surface area contributed by atoms with Gasteiger partial charge in [0.1, 0.15) is 49.2 Å². The van der Waals surface area contributed by atoms with Crippen LogP contribution in [0.5, 0.6) is 0 Å². The normalized spacial score (nSPS) is 15.9. The Kier molecular flexibility index (Phi) is 51.0. The van der Waals surface area contributed by atoms with Gasteiger partial charge < -0.3 is 84.2 Å². The molecule has 1 aliphatic carbocycles. The molecule has 0 radical (unpaired) electrons. The Labute approximate surface area is 846 Å². The number of hydrogen-bond acceptors (Lipinski definition) is 32. The van der Waals surface area contributed by atoms with E-state index in [1.54, 1.807) is 118 Å². The number of rotatable bonds is 68. The van der Waals surface area contributed by atoms with E-state index >= 15 is 14.4 Å². The predicted octanol–water partition coefficient (Wildman–Crippen LogP) is 9.95.